The van der Waals surface area contributed by atoms with E-state index in [0.717, 1.165) is 53.2 Å². The minimum atomic E-state index is 0.677. The van der Waals surface area contributed by atoms with E-state index in [1.165, 1.54) is 18.4 Å². The van der Waals surface area contributed by atoms with Crippen molar-refractivity contribution >= 4 is 16.9 Å². The standard InChI is InChI=1S/C23H23N6/c1-16-9-20-18(15-27-23(20)26-12-16)10-17-13-24-21(25-14-17)11-19-5-4-6-22(28-19)29-7-2-3-8-29/h4-6,9,11-15H,2-3,7-8,10H2,1H3,(H,26,27). The van der Waals surface area contributed by atoms with Crippen LogP contribution in [0.2, 0.25) is 0 Å². The van der Waals surface area contributed by atoms with Crippen LogP contribution in [-0.2, 0) is 6.42 Å². The molecule has 1 N–H and O–H groups in total. The van der Waals surface area contributed by atoms with Gasteiger partial charge in [0.15, 0.2) is 0 Å². The van der Waals surface area contributed by atoms with Crippen molar-refractivity contribution in [3.63, 3.8) is 0 Å². The number of anilines is 1. The number of rotatable bonds is 5. The fourth-order valence-corrected chi connectivity index (χ4v) is 3.83. The molecule has 0 amide bonds. The highest BCUT2D eigenvalue weighted by Gasteiger charge is 2.14. The first-order valence-corrected chi connectivity index (χ1v) is 10.0. The summed E-state index contributed by atoms with van der Waals surface area (Å²) in [5, 5.41) is 1.16. The van der Waals surface area contributed by atoms with Gasteiger partial charge in [0.2, 0.25) is 0 Å². The Morgan fingerprint density at radius 1 is 1.07 bits per heavy atom. The van der Waals surface area contributed by atoms with Gasteiger partial charge in [0.1, 0.15) is 17.3 Å². The SMILES string of the molecule is Cc1cnc2[nH]cc(Cc3cnc([CH]c4cccc(N5CCCC5)n4)nc3)c2c1. The number of hydrogen-bond donors (Lipinski definition) is 1. The molecular formula is C23H23N6. The zero-order valence-corrected chi connectivity index (χ0v) is 16.5. The summed E-state index contributed by atoms with van der Waals surface area (Å²) in [5.41, 5.74) is 5.24. The average Bonchev–Trinajstić information content (AvgIpc) is 3.40. The third kappa shape index (κ3) is 3.83. The van der Waals surface area contributed by atoms with Gasteiger partial charge in [-0.25, -0.2) is 19.9 Å². The molecule has 0 saturated carbocycles. The van der Waals surface area contributed by atoms with Gasteiger partial charge in [0, 0.05) is 49.7 Å². The van der Waals surface area contributed by atoms with Crippen molar-refractivity contribution < 1.29 is 0 Å². The fourth-order valence-electron chi connectivity index (χ4n) is 3.83. The molecule has 145 valence electrons. The van der Waals surface area contributed by atoms with Gasteiger partial charge in [-0.1, -0.05) is 6.07 Å². The Bertz CT molecular complexity index is 1130. The van der Waals surface area contributed by atoms with Crippen molar-refractivity contribution in [3.8, 4) is 0 Å². The van der Waals surface area contributed by atoms with Crippen LogP contribution in [0.4, 0.5) is 5.82 Å². The third-order valence-corrected chi connectivity index (χ3v) is 5.34. The summed E-state index contributed by atoms with van der Waals surface area (Å²) in [6, 6.07) is 8.28. The summed E-state index contributed by atoms with van der Waals surface area (Å²) in [5.74, 6) is 1.72. The highest BCUT2D eigenvalue weighted by Crippen LogP contribution is 2.21. The fraction of sp³-hybridized carbons (Fsp3) is 0.261. The van der Waals surface area contributed by atoms with Gasteiger partial charge in [-0.2, -0.15) is 0 Å². The lowest BCUT2D eigenvalue weighted by atomic mass is 10.1. The number of aromatic amines is 1. The molecule has 0 bridgehead atoms. The minimum Gasteiger partial charge on any atom is -0.357 e. The van der Waals surface area contributed by atoms with Crippen LogP contribution >= 0.6 is 0 Å². The van der Waals surface area contributed by atoms with Crippen LogP contribution in [-0.4, -0.2) is 38.0 Å². The average molecular weight is 383 g/mol. The molecule has 0 unspecified atom stereocenters. The van der Waals surface area contributed by atoms with Crippen molar-refractivity contribution in [2.45, 2.75) is 26.2 Å². The van der Waals surface area contributed by atoms with E-state index in [1.54, 1.807) is 0 Å². The Kier molecular flexibility index (Phi) is 4.68. The molecule has 4 aromatic heterocycles. The number of nitrogens with zero attached hydrogens (tertiary/aromatic N) is 5. The van der Waals surface area contributed by atoms with E-state index >= 15 is 0 Å². The van der Waals surface area contributed by atoms with Gasteiger partial charge in [0.05, 0.1) is 12.1 Å². The van der Waals surface area contributed by atoms with E-state index in [1.807, 2.05) is 43.3 Å². The number of H-pyrrole nitrogens is 1. The van der Waals surface area contributed by atoms with Gasteiger partial charge >= 0.3 is 0 Å². The minimum absolute atomic E-state index is 0.677. The lowest BCUT2D eigenvalue weighted by Crippen LogP contribution is -2.19. The van der Waals surface area contributed by atoms with Crippen LogP contribution in [0.15, 0.2) is 49.1 Å². The van der Waals surface area contributed by atoms with Crippen molar-refractivity contribution in [1.82, 2.24) is 24.9 Å². The first kappa shape index (κ1) is 17.8. The zero-order valence-electron chi connectivity index (χ0n) is 16.5. The predicted octanol–water partition coefficient (Wildman–Crippen LogP) is 3.85. The molecule has 1 aliphatic rings. The van der Waals surface area contributed by atoms with Crippen molar-refractivity contribution in [1.29, 1.82) is 0 Å². The van der Waals surface area contributed by atoms with Crippen molar-refractivity contribution in [2.75, 3.05) is 18.0 Å². The molecule has 0 aromatic carbocycles. The summed E-state index contributed by atoms with van der Waals surface area (Å²) in [6.07, 6.45) is 12.9. The van der Waals surface area contributed by atoms with E-state index in [4.69, 9.17) is 4.98 Å². The summed E-state index contributed by atoms with van der Waals surface area (Å²) in [7, 11) is 0. The van der Waals surface area contributed by atoms with Crippen molar-refractivity contribution in [2.24, 2.45) is 0 Å². The second-order valence-corrected chi connectivity index (χ2v) is 7.61. The van der Waals surface area contributed by atoms with Crippen LogP contribution in [0, 0.1) is 13.3 Å². The quantitative estimate of drug-likeness (QED) is 0.567. The molecule has 0 spiro atoms. The number of aryl methyl sites for hydroxylation is 1. The molecule has 5 rings (SSSR count). The Morgan fingerprint density at radius 2 is 1.90 bits per heavy atom. The zero-order chi connectivity index (χ0) is 19.6. The van der Waals surface area contributed by atoms with Gasteiger partial charge in [0.25, 0.3) is 0 Å². The lowest BCUT2D eigenvalue weighted by molar-refractivity contribution is 0.927. The largest absolute Gasteiger partial charge is 0.357 e. The summed E-state index contributed by atoms with van der Waals surface area (Å²) in [6.45, 7) is 4.23. The number of aromatic nitrogens is 5. The van der Waals surface area contributed by atoms with Gasteiger partial charge in [-0.3, -0.25) is 0 Å². The number of fused-ring (bicyclic) bond motifs is 1. The molecule has 1 saturated heterocycles. The normalized spacial score (nSPS) is 14.0. The summed E-state index contributed by atoms with van der Waals surface area (Å²) >= 11 is 0. The first-order chi connectivity index (χ1) is 14.2. The maximum absolute atomic E-state index is 4.75. The Hall–Kier alpha value is -3.28. The Labute approximate surface area is 170 Å². The second kappa shape index (κ2) is 7.62. The van der Waals surface area contributed by atoms with Crippen LogP contribution < -0.4 is 4.90 Å². The monoisotopic (exact) mass is 383 g/mol. The molecule has 1 fully saturated rings. The second-order valence-electron chi connectivity index (χ2n) is 7.61. The molecule has 29 heavy (non-hydrogen) atoms. The molecule has 1 aliphatic heterocycles. The molecule has 6 heteroatoms. The van der Waals surface area contributed by atoms with Crippen LogP contribution in [0.1, 0.15) is 41.1 Å². The molecular weight excluding hydrogens is 360 g/mol. The molecule has 6 nitrogen and oxygen atoms in total. The highest BCUT2D eigenvalue weighted by molar-refractivity contribution is 5.80. The maximum atomic E-state index is 4.75. The van der Waals surface area contributed by atoms with Crippen molar-refractivity contribution in [3.05, 3.63) is 83.7 Å². The lowest BCUT2D eigenvalue weighted by Gasteiger charge is -2.16. The van der Waals surface area contributed by atoms with Crippen LogP contribution in [0.5, 0.6) is 0 Å². The molecule has 0 atom stereocenters. The molecule has 0 aliphatic carbocycles. The first-order valence-electron chi connectivity index (χ1n) is 10.0. The smallest absolute Gasteiger partial charge is 0.138 e. The molecule has 5 heterocycles. The van der Waals surface area contributed by atoms with Gasteiger partial charge in [-0.05, 0) is 54.7 Å². The topological polar surface area (TPSA) is 70.6 Å². The Morgan fingerprint density at radius 3 is 2.72 bits per heavy atom. The van der Waals surface area contributed by atoms with E-state index in [-0.39, 0.29) is 0 Å². The summed E-state index contributed by atoms with van der Waals surface area (Å²) in [4.78, 5) is 23.8. The van der Waals surface area contributed by atoms with E-state index in [0.29, 0.717) is 5.82 Å². The highest BCUT2D eigenvalue weighted by atomic mass is 15.2. The number of nitrogens with one attached hydrogen (secondary N) is 1. The van der Waals surface area contributed by atoms with Gasteiger partial charge < -0.3 is 9.88 Å². The van der Waals surface area contributed by atoms with Crippen LogP contribution in [0.3, 0.4) is 0 Å². The van der Waals surface area contributed by atoms with E-state index in [2.05, 4.69) is 43.9 Å². The van der Waals surface area contributed by atoms with Crippen LogP contribution in [0.25, 0.3) is 11.0 Å². The summed E-state index contributed by atoms with van der Waals surface area (Å²) < 4.78 is 0. The molecule has 4 aromatic rings. The Balaban J connectivity index is 1.30. The van der Waals surface area contributed by atoms with E-state index in [9.17, 15) is 0 Å². The predicted molar refractivity (Wildman–Crippen MR) is 114 cm³/mol. The third-order valence-electron chi connectivity index (χ3n) is 5.34. The number of pyridine rings is 2. The number of hydrogen-bond acceptors (Lipinski definition) is 5. The van der Waals surface area contributed by atoms with Gasteiger partial charge in [-0.15, -0.1) is 0 Å². The van der Waals surface area contributed by atoms with E-state index < -0.39 is 0 Å². The maximum Gasteiger partial charge on any atom is 0.138 e. The molecule has 1 radical (unpaired) electrons.